The van der Waals surface area contributed by atoms with Gasteiger partial charge in [-0.15, -0.1) is 0 Å². The minimum atomic E-state index is -0.000897. The van der Waals surface area contributed by atoms with Crippen molar-refractivity contribution in [2.24, 2.45) is 0 Å². The van der Waals surface area contributed by atoms with E-state index in [1.54, 1.807) is 17.7 Å². The molecule has 3 aliphatic rings. The van der Waals surface area contributed by atoms with Crippen molar-refractivity contribution in [2.45, 2.75) is 88.9 Å². The molecule has 1 aliphatic heterocycles. The van der Waals surface area contributed by atoms with Crippen molar-refractivity contribution in [3.05, 3.63) is 41.2 Å². The predicted octanol–water partition coefficient (Wildman–Crippen LogP) is 3.39. The Hall–Kier alpha value is -2.61. The van der Waals surface area contributed by atoms with E-state index >= 15 is 0 Å². The normalized spacial score (nSPS) is 26.1. The molecule has 0 N–H and O–H groups in total. The Morgan fingerprint density at radius 3 is 2.44 bits per heavy atom. The van der Waals surface area contributed by atoms with Crippen LogP contribution in [0.2, 0.25) is 0 Å². The van der Waals surface area contributed by atoms with Gasteiger partial charge in [0.05, 0.1) is 11.9 Å². The van der Waals surface area contributed by atoms with E-state index in [0.717, 1.165) is 63.7 Å². The van der Waals surface area contributed by atoms with Crippen LogP contribution in [-0.2, 0) is 4.79 Å². The number of aromatic nitrogens is 3. The van der Waals surface area contributed by atoms with E-state index in [1.807, 2.05) is 41.0 Å². The SMILES string of the molecule is CC(=O)N(C)C1CCN(C2CCC(n3ccn(-c4ccc(OC5CCCC5)nc4)c3=O)CC2)C1. The minimum Gasteiger partial charge on any atom is -0.474 e. The van der Waals surface area contributed by atoms with E-state index in [1.165, 1.54) is 12.8 Å². The number of likely N-dealkylation sites (tertiary alicyclic amines) is 1. The number of carbonyl (C=O) groups is 1. The molecule has 34 heavy (non-hydrogen) atoms. The molecule has 5 rings (SSSR count). The zero-order valence-corrected chi connectivity index (χ0v) is 20.4. The molecule has 184 valence electrons. The summed E-state index contributed by atoms with van der Waals surface area (Å²) in [4.78, 5) is 33.7. The number of rotatable bonds is 6. The Kier molecular flexibility index (Phi) is 6.77. The van der Waals surface area contributed by atoms with Crippen LogP contribution in [0, 0.1) is 0 Å². The lowest BCUT2D eigenvalue weighted by molar-refractivity contribution is -0.129. The Morgan fingerprint density at radius 1 is 1.03 bits per heavy atom. The zero-order valence-electron chi connectivity index (χ0n) is 20.4. The van der Waals surface area contributed by atoms with Gasteiger partial charge in [0.25, 0.3) is 0 Å². The number of amides is 1. The maximum Gasteiger partial charge on any atom is 0.333 e. The molecule has 1 amide bonds. The quantitative estimate of drug-likeness (QED) is 0.651. The van der Waals surface area contributed by atoms with Gasteiger partial charge in [-0.25, -0.2) is 9.78 Å². The van der Waals surface area contributed by atoms with Gasteiger partial charge in [0, 0.05) is 63.6 Å². The molecule has 0 bridgehead atoms. The van der Waals surface area contributed by atoms with E-state index in [-0.39, 0.29) is 23.7 Å². The van der Waals surface area contributed by atoms with E-state index in [4.69, 9.17) is 4.74 Å². The largest absolute Gasteiger partial charge is 0.474 e. The van der Waals surface area contributed by atoms with Crippen LogP contribution in [-0.4, -0.2) is 68.2 Å². The van der Waals surface area contributed by atoms with Gasteiger partial charge in [-0.2, -0.15) is 0 Å². The van der Waals surface area contributed by atoms with Crippen molar-refractivity contribution in [1.29, 1.82) is 0 Å². The highest BCUT2D eigenvalue weighted by Gasteiger charge is 2.34. The molecule has 2 aliphatic carbocycles. The van der Waals surface area contributed by atoms with Crippen LogP contribution < -0.4 is 10.4 Å². The summed E-state index contributed by atoms with van der Waals surface area (Å²) in [6.07, 6.45) is 15.7. The molecule has 3 fully saturated rings. The summed E-state index contributed by atoms with van der Waals surface area (Å²) in [7, 11) is 1.91. The number of nitrogens with zero attached hydrogens (tertiary/aromatic N) is 5. The van der Waals surface area contributed by atoms with Gasteiger partial charge in [-0.05, 0) is 63.9 Å². The molecule has 1 unspecified atom stereocenters. The summed E-state index contributed by atoms with van der Waals surface area (Å²) >= 11 is 0. The van der Waals surface area contributed by atoms with Crippen molar-refractivity contribution in [1.82, 2.24) is 23.9 Å². The molecule has 3 heterocycles. The maximum atomic E-state index is 13.2. The molecule has 2 aromatic heterocycles. The summed E-state index contributed by atoms with van der Waals surface area (Å²) < 4.78 is 9.53. The highest BCUT2D eigenvalue weighted by Crippen LogP contribution is 2.32. The van der Waals surface area contributed by atoms with Crippen LogP contribution in [0.1, 0.15) is 70.8 Å². The predicted molar refractivity (Wildman–Crippen MR) is 130 cm³/mol. The van der Waals surface area contributed by atoms with Gasteiger partial charge < -0.3 is 9.64 Å². The fourth-order valence-electron chi connectivity index (χ4n) is 6.00. The fourth-order valence-corrected chi connectivity index (χ4v) is 6.00. The van der Waals surface area contributed by atoms with Crippen LogP contribution in [0.4, 0.5) is 0 Å². The number of likely N-dealkylation sites (N-methyl/N-ethyl adjacent to an activating group) is 1. The van der Waals surface area contributed by atoms with Crippen molar-refractivity contribution in [3.63, 3.8) is 0 Å². The minimum absolute atomic E-state index is 0.000897. The van der Waals surface area contributed by atoms with Crippen LogP contribution in [0.25, 0.3) is 5.69 Å². The third-order valence-electron chi connectivity index (χ3n) is 8.21. The van der Waals surface area contributed by atoms with Crippen LogP contribution >= 0.6 is 0 Å². The Balaban J connectivity index is 1.18. The molecule has 2 aromatic rings. The number of ether oxygens (including phenoxy) is 1. The first kappa shape index (κ1) is 23.1. The molecule has 0 spiro atoms. The molecule has 0 radical (unpaired) electrons. The number of hydrogen-bond donors (Lipinski definition) is 0. The Labute approximate surface area is 201 Å². The van der Waals surface area contributed by atoms with Crippen LogP contribution in [0.15, 0.2) is 35.5 Å². The number of imidazole rings is 1. The first-order valence-corrected chi connectivity index (χ1v) is 12.9. The van der Waals surface area contributed by atoms with E-state index in [0.29, 0.717) is 18.0 Å². The summed E-state index contributed by atoms with van der Waals surface area (Å²) in [5.41, 5.74) is 0.771. The molecule has 8 heteroatoms. The van der Waals surface area contributed by atoms with Crippen molar-refractivity contribution in [2.75, 3.05) is 20.1 Å². The smallest absolute Gasteiger partial charge is 0.333 e. The summed E-state index contributed by atoms with van der Waals surface area (Å²) in [6.45, 7) is 3.67. The highest BCUT2D eigenvalue weighted by atomic mass is 16.5. The highest BCUT2D eigenvalue weighted by molar-refractivity contribution is 5.73. The second kappa shape index (κ2) is 9.94. The van der Waals surface area contributed by atoms with Gasteiger partial charge in [0.1, 0.15) is 6.10 Å². The molecular formula is C26H37N5O3. The third-order valence-corrected chi connectivity index (χ3v) is 8.21. The lowest BCUT2D eigenvalue weighted by Crippen LogP contribution is -2.42. The summed E-state index contributed by atoms with van der Waals surface area (Å²) in [5, 5.41) is 0. The number of hydrogen-bond acceptors (Lipinski definition) is 5. The number of pyridine rings is 1. The van der Waals surface area contributed by atoms with Gasteiger partial charge >= 0.3 is 5.69 Å². The molecule has 1 saturated heterocycles. The van der Waals surface area contributed by atoms with E-state index in [2.05, 4.69) is 9.88 Å². The Bertz CT molecular complexity index is 1030. The van der Waals surface area contributed by atoms with Crippen molar-refractivity contribution >= 4 is 5.91 Å². The van der Waals surface area contributed by atoms with Crippen molar-refractivity contribution < 1.29 is 9.53 Å². The summed E-state index contributed by atoms with van der Waals surface area (Å²) in [6, 6.07) is 4.91. The van der Waals surface area contributed by atoms with Crippen LogP contribution in [0.3, 0.4) is 0 Å². The average molecular weight is 468 g/mol. The molecule has 1 atom stereocenters. The summed E-state index contributed by atoms with van der Waals surface area (Å²) in [5.74, 6) is 0.783. The standard InChI is InChI=1S/C26H37N5O3/c1-19(32)28(2)23-13-14-29(18-23)20-7-9-21(10-8-20)30-15-16-31(26(30)33)22-11-12-25(27-17-22)34-24-5-3-4-6-24/h11-12,15-17,20-21,23-24H,3-10,13-14,18H2,1-2H3. The molecule has 0 aromatic carbocycles. The topological polar surface area (TPSA) is 72.6 Å². The van der Waals surface area contributed by atoms with Crippen LogP contribution in [0.5, 0.6) is 5.88 Å². The van der Waals surface area contributed by atoms with E-state index in [9.17, 15) is 9.59 Å². The monoisotopic (exact) mass is 467 g/mol. The average Bonchev–Trinajstić information content (AvgIpc) is 3.61. The first-order valence-electron chi connectivity index (χ1n) is 12.9. The second-order valence-electron chi connectivity index (χ2n) is 10.3. The molecule has 2 saturated carbocycles. The van der Waals surface area contributed by atoms with Crippen molar-refractivity contribution in [3.8, 4) is 11.6 Å². The lowest BCUT2D eigenvalue weighted by Gasteiger charge is -2.35. The second-order valence-corrected chi connectivity index (χ2v) is 10.3. The first-order chi connectivity index (χ1) is 16.5. The van der Waals surface area contributed by atoms with Gasteiger partial charge in [0.2, 0.25) is 11.8 Å². The molecule has 8 nitrogen and oxygen atoms in total. The van der Waals surface area contributed by atoms with Gasteiger partial charge in [-0.1, -0.05) is 0 Å². The number of carbonyl (C=O) groups excluding carboxylic acids is 1. The fraction of sp³-hybridized carbons (Fsp3) is 0.654. The van der Waals surface area contributed by atoms with Gasteiger partial charge in [0.15, 0.2) is 0 Å². The zero-order chi connectivity index (χ0) is 23.7. The lowest BCUT2D eigenvalue weighted by atomic mass is 9.90. The maximum absolute atomic E-state index is 13.2. The van der Waals surface area contributed by atoms with E-state index < -0.39 is 0 Å². The molecular weight excluding hydrogens is 430 g/mol. The Morgan fingerprint density at radius 2 is 1.76 bits per heavy atom. The van der Waals surface area contributed by atoms with Gasteiger partial charge in [-0.3, -0.25) is 18.8 Å². The third kappa shape index (κ3) is 4.78.